The Balaban J connectivity index is 2.86. The van der Waals surface area contributed by atoms with Gasteiger partial charge in [-0.3, -0.25) is 4.79 Å². The maximum Gasteiger partial charge on any atom is 0.342 e. The molecule has 0 aliphatic heterocycles. The highest BCUT2D eigenvalue weighted by Gasteiger charge is 2.12. The van der Waals surface area contributed by atoms with Crippen LogP contribution < -0.4 is 5.43 Å². The lowest BCUT2D eigenvalue weighted by molar-refractivity contribution is 0.0693. The summed E-state index contributed by atoms with van der Waals surface area (Å²) in [5, 5.41) is 17.9. The molecule has 1 heterocycles. The minimum absolute atomic E-state index is 0.0475. The first-order valence-corrected chi connectivity index (χ1v) is 4.07. The highest BCUT2D eigenvalue weighted by Crippen LogP contribution is 2.17. The Morgan fingerprint density at radius 1 is 1.33 bits per heavy atom. The van der Waals surface area contributed by atoms with E-state index in [1.807, 2.05) is 0 Å². The smallest absolute Gasteiger partial charge is 0.342 e. The van der Waals surface area contributed by atoms with Gasteiger partial charge in [0.1, 0.15) is 23.2 Å². The fourth-order valence-electron chi connectivity index (χ4n) is 1.26. The van der Waals surface area contributed by atoms with E-state index in [4.69, 9.17) is 14.6 Å². The summed E-state index contributed by atoms with van der Waals surface area (Å²) in [6.45, 7) is 0. The Labute approximate surface area is 83.2 Å². The van der Waals surface area contributed by atoms with Crippen LogP contribution in [0.4, 0.5) is 0 Å². The molecule has 0 saturated heterocycles. The van der Waals surface area contributed by atoms with Gasteiger partial charge in [0.15, 0.2) is 0 Å². The van der Waals surface area contributed by atoms with Crippen molar-refractivity contribution in [2.24, 2.45) is 0 Å². The molecule has 2 N–H and O–H groups in total. The van der Waals surface area contributed by atoms with E-state index in [9.17, 15) is 9.59 Å². The molecule has 0 unspecified atom stereocenters. The van der Waals surface area contributed by atoms with Gasteiger partial charge in [-0.25, -0.2) is 4.79 Å². The molecule has 1 aromatic heterocycles. The van der Waals surface area contributed by atoms with Crippen molar-refractivity contribution < 1.29 is 19.4 Å². The number of benzene rings is 1. The van der Waals surface area contributed by atoms with Crippen molar-refractivity contribution in [1.29, 1.82) is 0 Å². The van der Waals surface area contributed by atoms with E-state index < -0.39 is 17.0 Å². The maximum absolute atomic E-state index is 11.6. The van der Waals surface area contributed by atoms with Crippen molar-refractivity contribution in [1.82, 2.24) is 0 Å². The molecule has 0 spiro atoms. The van der Waals surface area contributed by atoms with Crippen LogP contribution in [0.25, 0.3) is 11.0 Å². The van der Waals surface area contributed by atoms with E-state index in [1.165, 1.54) is 18.2 Å². The summed E-state index contributed by atoms with van der Waals surface area (Å²) in [7, 11) is 0. The van der Waals surface area contributed by atoms with Gasteiger partial charge in [-0.1, -0.05) is 0 Å². The van der Waals surface area contributed by atoms with E-state index in [2.05, 4.69) is 0 Å². The molecule has 0 bridgehead atoms. The van der Waals surface area contributed by atoms with Gasteiger partial charge in [0, 0.05) is 6.07 Å². The molecular weight excluding hydrogens is 200 g/mol. The summed E-state index contributed by atoms with van der Waals surface area (Å²) >= 11 is 0. The summed E-state index contributed by atoms with van der Waals surface area (Å²) in [5.41, 5.74) is -0.887. The molecule has 2 aromatic rings. The predicted molar refractivity (Wildman–Crippen MR) is 51.1 cm³/mol. The molecule has 5 nitrogen and oxygen atoms in total. The van der Waals surface area contributed by atoms with Crippen LogP contribution in [0.2, 0.25) is 0 Å². The zero-order valence-electron chi connectivity index (χ0n) is 7.43. The van der Waals surface area contributed by atoms with Gasteiger partial charge in [-0.2, -0.15) is 0 Å². The van der Waals surface area contributed by atoms with E-state index in [-0.39, 0.29) is 16.7 Å². The second kappa shape index (κ2) is 3.13. The zero-order chi connectivity index (χ0) is 11.0. The quantitative estimate of drug-likeness (QED) is 0.731. The molecule has 2 rings (SSSR count). The molecule has 0 aliphatic rings. The minimum atomic E-state index is -1.33. The second-order valence-corrected chi connectivity index (χ2v) is 2.96. The van der Waals surface area contributed by atoms with Gasteiger partial charge in [0.25, 0.3) is 0 Å². The highest BCUT2D eigenvalue weighted by atomic mass is 16.4. The Kier molecular flexibility index (Phi) is 1.93. The van der Waals surface area contributed by atoms with Gasteiger partial charge in [-0.05, 0) is 12.1 Å². The number of hydrogen-bond donors (Lipinski definition) is 2. The monoisotopic (exact) mass is 206 g/mol. The Bertz CT molecular complexity index is 596. The lowest BCUT2D eigenvalue weighted by Gasteiger charge is -1.98. The summed E-state index contributed by atoms with van der Waals surface area (Å²) in [6.07, 6.45) is 0.867. The van der Waals surface area contributed by atoms with Gasteiger partial charge in [0.05, 0.1) is 5.39 Å². The van der Waals surface area contributed by atoms with Gasteiger partial charge >= 0.3 is 5.97 Å². The van der Waals surface area contributed by atoms with Crippen LogP contribution in [0, 0.1) is 0 Å². The normalized spacial score (nSPS) is 10.4. The summed E-state index contributed by atoms with van der Waals surface area (Å²) in [6, 6.07) is 3.87. The summed E-state index contributed by atoms with van der Waals surface area (Å²) in [5.74, 6) is -1.38. The first-order valence-electron chi connectivity index (χ1n) is 4.07. The van der Waals surface area contributed by atoms with E-state index in [1.54, 1.807) is 0 Å². The van der Waals surface area contributed by atoms with E-state index >= 15 is 0 Å². The largest absolute Gasteiger partial charge is 0.508 e. The summed E-state index contributed by atoms with van der Waals surface area (Å²) < 4.78 is 4.92. The molecule has 76 valence electrons. The van der Waals surface area contributed by atoms with Crippen molar-refractivity contribution in [3.05, 3.63) is 40.2 Å². The fourth-order valence-corrected chi connectivity index (χ4v) is 1.26. The van der Waals surface area contributed by atoms with Crippen molar-refractivity contribution in [3.8, 4) is 5.75 Å². The fraction of sp³-hybridized carbons (Fsp3) is 0. The Morgan fingerprint density at radius 2 is 2.07 bits per heavy atom. The number of phenols is 1. The lowest BCUT2D eigenvalue weighted by Crippen LogP contribution is -2.13. The van der Waals surface area contributed by atoms with Crippen LogP contribution >= 0.6 is 0 Å². The first-order chi connectivity index (χ1) is 7.09. The number of aromatic hydroxyl groups is 1. The van der Waals surface area contributed by atoms with Crippen molar-refractivity contribution in [2.75, 3.05) is 0 Å². The molecule has 15 heavy (non-hydrogen) atoms. The van der Waals surface area contributed by atoms with Crippen LogP contribution in [-0.4, -0.2) is 16.2 Å². The number of carboxylic acid groups (broad SMARTS) is 1. The number of rotatable bonds is 1. The molecule has 0 amide bonds. The Morgan fingerprint density at radius 3 is 2.73 bits per heavy atom. The van der Waals surface area contributed by atoms with Crippen LogP contribution in [0.1, 0.15) is 10.4 Å². The molecule has 0 saturated carbocycles. The van der Waals surface area contributed by atoms with Crippen molar-refractivity contribution in [2.45, 2.75) is 0 Å². The summed E-state index contributed by atoms with van der Waals surface area (Å²) in [4.78, 5) is 22.2. The predicted octanol–water partition coefficient (Wildman–Crippen LogP) is 1.20. The third-order valence-corrected chi connectivity index (χ3v) is 1.99. The topological polar surface area (TPSA) is 87.7 Å². The maximum atomic E-state index is 11.6. The SMILES string of the molecule is O=C(O)c1coc2cc(O)ccc2c1=O. The number of phenolic OH excluding ortho intramolecular Hbond substituents is 1. The van der Waals surface area contributed by atoms with Crippen molar-refractivity contribution >= 4 is 16.9 Å². The number of carboxylic acids is 1. The van der Waals surface area contributed by atoms with Gasteiger partial charge in [-0.15, -0.1) is 0 Å². The standard InChI is InChI=1S/C10H6O5/c11-5-1-2-6-8(3-5)15-4-7(9(6)12)10(13)14/h1-4,11H,(H,13,14). The van der Waals surface area contributed by atoms with E-state index in [0.717, 1.165) is 6.26 Å². The first kappa shape index (κ1) is 9.26. The molecule has 0 radical (unpaired) electrons. The molecule has 0 fully saturated rings. The van der Waals surface area contributed by atoms with Gasteiger partial charge < -0.3 is 14.6 Å². The van der Waals surface area contributed by atoms with Crippen LogP contribution in [0.3, 0.4) is 0 Å². The molecule has 1 aromatic carbocycles. The molecule has 5 heteroatoms. The van der Waals surface area contributed by atoms with Gasteiger partial charge in [0.2, 0.25) is 5.43 Å². The van der Waals surface area contributed by atoms with E-state index in [0.29, 0.717) is 0 Å². The molecule has 0 aliphatic carbocycles. The van der Waals surface area contributed by atoms with Crippen LogP contribution in [0.5, 0.6) is 5.75 Å². The lowest BCUT2D eigenvalue weighted by atomic mass is 10.1. The number of aromatic carboxylic acids is 1. The second-order valence-electron chi connectivity index (χ2n) is 2.96. The highest BCUT2D eigenvalue weighted by molar-refractivity contribution is 5.91. The number of carbonyl (C=O) groups is 1. The number of fused-ring (bicyclic) bond motifs is 1. The molecule has 0 atom stereocenters. The van der Waals surface area contributed by atoms with Crippen LogP contribution in [0.15, 0.2) is 33.7 Å². The minimum Gasteiger partial charge on any atom is -0.508 e. The third-order valence-electron chi connectivity index (χ3n) is 1.99. The zero-order valence-corrected chi connectivity index (χ0v) is 7.43. The average molecular weight is 206 g/mol. The molecular formula is C10H6O5. The third kappa shape index (κ3) is 1.43. The average Bonchev–Trinajstić information content (AvgIpc) is 2.17. The van der Waals surface area contributed by atoms with Crippen molar-refractivity contribution in [3.63, 3.8) is 0 Å². The van der Waals surface area contributed by atoms with Crippen LogP contribution in [-0.2, 0) is 0 Å². The number of hydrogen-bond acceptors (Lipinski definition) is 4. The Hall–Kier alpha value is -2.30.